The Kier molecular flexibility index (Phi) is 4.46. The molecule has 1 aliphatic rings. The summed E-state index contributed by atoms with van der Waals surface area (Å²) in [7, 11) is 0. The third kappa shape index (κ3) is 3.29. The molecule has 0 aliphatic heterocycles. The van der Waals surface area contributed by atoms with E-state index in [4.69, 9.17) is 0 Å². The molecule has 14 heavy (non-hydrogen) atoms. The van der Waals surface area contributed by atoms with E-state index in [9.17, 15) is 13.2 Å². The predicted molar refractivity (Wildman–Crippen MR) is 53.5 cm³/mol. The van der Waals surface area contributed by atoms with Crippen molar-refractivity contribution in [3.05, 3.63) is 0 Å². The predicted octanol–water partition coefficient (Wildman–Crippen LogP) is 2.16. The monoisotopic (exact) mass is 221 g/mol. The molecule has 0 aromatic carbocycles. The standard InChI is InChI=1S/C9H13F3N.Al.2H/c1-13-8(9(10,11)12)7-5-3-2-4-6-7;;;/h1,7-8H,2-6H2;;;. The van der Waals surface area contributed by atoms with Gasteiger partial charge in [0.2, 0.25) is 0 Å². The number of hydrogen-bond acceptors (Lipinski definition) is 1. The summed E-state index contributed by atoms with van der Waals surface area (Å²) in [5.41, 5.74) is 0. The van der Waals surface area contributed by atoms with Gasteiger partial charge in [0.05, 0.1) is 0 Å². The lowest BCUT2D eigenvalue weighted by Gasteiger charge is -2.29. The lowest BCUT2D eigenvalue weighted by atomic mass is 9.84. The van der Waals surface area contributed by atoms with E-state index in [1.165, 1.54) is 5.08 Å². The van der Waals surface area contributed by atoms with Crippen LogP contribution in [0.1, 0.15) is 32.1 Å². The first kappa shape index (κ1) is 12.1. The summed E-state index contributed by atoms with van der Waals surface area (Å²) in [4.78, 5) is 3.63. The van der Waals surface area contributed by atoms with Crippen LogP contribution < -0.4 is 0 Å². The van der Waals surface area contributed by atoms with Crippen molar-refractivity contribution in [2.75, 3.05) is 0 Å². The molecule has 0 radical (unpaired) electrons. The van der Waals surface area contributed by atoms with Gasteiger partial charge in [-0.1, -0.05) is 24.3 Å². The Bertz CT molecular complexity index is 197. The topological polar surface area (TPSA) is 12.4 Å². The summed E-state index contributed by atoms with van der Waals surface area (Å²) >= 11 is 0.599. The highest BCUT2D eigenvalue weighted by Gasteiger charge is 2.44. The second-order valence-electron chi connectivity index (χ2n) is 3.79. The van der Waals surface area contributed by atoms with Gasteiger partial charge in [-0.2, -0.15) is 13.2 Å². The maximum Gasteiger partial charge on any atom is 0.410 e. The molecule has 0 spiro atoms. The lowest BCUT2D eigenvalue weighted by Crippen LogP contribution is -2.35. The Morgan fingerprint density at radius 3 is 2.21 bits per heavy atom. The van der Waals surface area contributed by atoms with E-state index in [-0.39, 0.29) is 5.92 Å². The van der Waals surface area contributed by atoms with Crippen LogP contribution in [0.5, 0.6) is 0 Å². The first-order chi connectivity index (χ1) is 6.55. The van der Waals surface area contributed by atoms with E-state index in [1.54, 1.807) is 0 Å². The van der Waals surface area contributed by atoms with Crippen LogP contribution in [-0.4, -0.2) is 33.6 Å². The fourth-order valence-electron chi connectivity index (χ4n) is 2.08. The Labute approximate surface area is 90.2 Å². The van der Waals surface area contributed by atoms with Crippen LogP contribution in [0.2, 0.25) is 0 Å². The molecule has 0 heterocycles. The minimum atomic E-state index is -4.15. The van der Waals surface area contributed by atoms with Crippen molar-refractivity contribution in [2.24, 2.45) is 10.9 Å². The van der Waals surface area contributed by atoms with E-state index in [0.29, 0.717) is 29.1 Å². The summed E-state index contributed by atoms with van der Waals surface area (Å²) < 4.78 is 37.8. The second kappa shape index (κ2) is 5.18. The van der Waals surface area contributed by atoms with Crippen molar-refractivity contribution in [2.45, 2.75) is 44.3 Å². The van der Waals surface area contributed by atoms with Crippen LogP contribution in [0.25, 0.3) is 0 Å². The molecule has 1 fully saturated rings. The highest BCUT2D eigenvalue weighted by molar-refractivity contribution is 6.49. The van der Waals surface area contributed by atoms with Crippen LogP contribution in [0.15, 0.2) is 4.99 Å². The molecular formula is C9H15AlF3N. The average Bonchev–Trinajstić information content (AvgIpc) is 2.14. The minimum absolute atomic E-state index is 0.269. The Morgan fingerprint density at radius 1 is 1.21 bits per heavy atom. The number of aliphatic imine (C=N–C) groups is 1. The molecule has 1 saturated carbocycles. The molecule has 1 aliphatic carbocycles. The fraction of sp³-hybridized carbons (Fsp3) is 0.889. The van der Waals surface area contributed by atoms with E-state index in [2.05, 4.69) is 4.99 Å². The van der Waals surface area contributed by atoms with Gasteiger partial charge in [-0.05, 0) is 18.8 Å². The molecule has 5 heteroatoms. The second-order valence-corrected chi connectivity index (χ2v) is 4.31. The Hall–Kier alpha value is -0.00753. The van der Waals surface area contributed by atoms with Crippen molar-refractivity contribution < 1.29 is 13.2 Å². The zero-order valence-electron chi connectivity index (χ0n) is 8.35. The van der Waals surface area contributed by atoms with Gasteiger partial charge in [-0.15, -0.1) is 0 Å². The quantitative estimate of drug-likeness (QED) is 0.500. The SMILES string of the molecule is FC(F)(F)C(N=[CH][AlH2])C1CCCCC1. The van der Waals surface area contributed by atoms with E-state index < -0.39 is 12.2 Å². The Balaban J connectivity index is 2.66. The number of hydrogen-bond donors (Lipinski definition) is 0. The smallest absolute Gasteiger partial charge is 0.303 e. The minimum Gasteiger partial charge on any atom is -0.303 e. The molecule has 0 saturated heterocycles. The van der Waals surface area contributed by atoms with Gasteiger partial charge < -0.3 is 4.99 Å². The number of alkyl halides is 3. The van der Waals surface area contributed by atoms with Gasteiger partial charge in [-0.3, -0.25) is 0 Å². The zero-order chi connectivity index (χ0) is 10.6. The lowest BCUT2D eigenvalue weighted by molar-refractivity contribution is -0.160. The molecule has 0 aromatic rings. The van der Waals surface area contributed by atoms with Gasteiger partial charge in [0, 0.05) is 0 Å². The molecule has 1 atom stereocenters. The number of nitrogens with zero attached hydrogens (tertiary/aromatic N) is 1. The van der Waals surface area contributed by atoms with Gasteiger partial charge >= 0.3 is 6.18 Å². The average molecular weight is 221 g/mol. The van der Waals surface area contributed by atoms with E-state index in [0.717, 1.165) is 19.3 Å². The van der Waals surface area contributed by atoms with Crippen molar-refractivity contribution in [1.29, 1.82) is 0 Å². The first-order valence-electron chi connectivity index (χ1n) is 5.10. The summed E-state index contributed by atoms with van der Waals surface area (Å²) in [6, 6.07) is -1.43. The van der Waals surface area contributed by atoms with Gasteiger partial charge in [-0.25, -0.2) is 0 Å². The molecule has 1 nitrogen and oxygen atoms in total. The third-order valence-electron chi connectivity index (χ3n) is 2.74. The molecule has 0 amide bonds. The summed E-state index contributed by atoms with van der Waals surface area (Å²) in [5.74, 6) is -0.269. The molecule has 0 aromatic heterocycles. The van der Waals surface area contributed by atoms with Crippen LogP contribution in [0.3, 0.4) is 0 Å². The first-order valence-corrected chi connectivity index (χ1v) is 6.25. The van der Waals surface area contributed by atoms with Crippen molar-refractivity contribution in [1.82, 2.24) is 0 Å². The third-order valence-corrected chi connectivity index (χ3v) is 3.04. The molecular weight excluding hydrogens is 206 g/mol. The largest absolute Gasteiger partial charge is 0.410 e. The highest BCUT2D eigenvalue weighted by atomic mass is 27.0. The summed E-state index contributed by atoms with van der Waals surface area (Å²) in [6.07, 6.45) is 0.141. The molecule has 1 unspecified atom stereocenters. The number of rotatable bonds is 2. The molecule has 1 rings (SSSR count). The van der Waals surface area contributed by atoms with Crippen LogP contribution >= 0.6 is 0 Å². The van der Waals surface area contributed by atoms with Gasteiger partial charge in [0.1, 0.15) is 6.04 Å². The van der Waals surface area contributed by atoms with Crippen LogP contribution in [0, 0.1) is 5.92 Å². The van der Waals surface area contributed by atoms with Crippen molar-refractivity contribution in [3.8, 4) is 0 Å². The van der Waals surface area contributed by atoms with E-state index in [1.807, 2.05) is 0 Å². The maximum absolute atomic E-state index is 12.6. The van der Waals surface area contributed by atoms with Crippen LogP contribution in [0.4, 0.5) is 13.2 Å². The van der Waals surface area contributed by atoms with E-state index >= 15 is 0 Å². The normalized spacial score (nSPS) is 22.8. The molecule has 0 N–H and O–H groups in total. The maximum atomic E-state index is 12.6. The van der Waals surface area contributed by atoms with Gasteiger partial charge in [0.25, 0.3) is 16.3 Å². The fourth-order valence-corrected chi connectivity index (χ4v) is 2.41. The van der Waals surface area contributed by atoms with Crippen LogP contribution in [-0.2, 0) is 0 Å². The summed E-state index contributed by atoms with van der Waals surface area (Å²) in [6.45, 7) is 0. The number of halogens is 3. The Morgan fingerprint density at radius 2 is 1.79 bits per heavy atom. The molecule has 80 valence electrons. The van der Waals surface area contributed by atoms with Gasteiger partial charge in [0.15, 0.2) is 0 Å². The van der Waals surface area contributed by atoms with Crippen molar-refractivity contribution in [3.63, 3.8) is 0 Å². The van der Waals surface area contributed by atoms with Crippen molar-refractivity contribution >= 4 is 21.4 Å². The highest BCUT2D eigenvalue weighted by Crippen LogP contribution is 2.36. The molecule has 0 bridgehead atoms. The summed E-state index contributed by atoms with van der Waals surface area (Å²) in [5, 5.41) is 1.41. The zero-order valence-corrected chi connectivity index (χ0v) is 10.3.